The van der Waals surface area contributed by atoms with Crippen LogP contribution in [-0.4, -0.2) is 18.4 Å². The van der Waals surface area contributed by atoms with Crippen LogP contribution in [0.2, 0.25) is 0 Å². The van der Waals surface area contributed by atoms with Crippen molar-refractivity contribution in [3.63, 3.8) is 0 Å². The van der Waals surface area contributed by atoms with E-state index in [1.165, 1.54) is 0 Å². The molecule has 1 fully saturated rings. The average Bonchev–Trinajstić information content (AvgIpc) is 2.03. The van der Waals surface area contributed by atoms with Gasteiger partial charge in [-0.3, -0.25) is 0 Å². The highest BCUT2D eigenvalue weighted by molar-refractivity contribution is 6.51. The monoisotopic (exact) mass is 155 g/mol. The molecule has 1 heterocycles. The van der Waals surface area contributed by atoms with Crippen LogP contribution in [0.4, 0.5) is 0 Å². The van der Waals surface area contributed by atoms with Gasteiger partial charge in [0.1, 0.15) is 5.72 Å². The lowest BCUT2D eigenvalue weighted by Crippen LogP contribution is -2.52. The fourth-order valence-corrected chi connectivity index (χ4v) is 0.911. The summed E-state index contributed by atoms with van der Waals surface area (Å²) in [5.41, 5.74) is 4.64. The molecule has 1 aliphatic rings. The molecule has 0 bridgehead atoms. The SMILES string of the molecule is C=CB1OC(C)(C)C(C)(N)O1. The Bertz CT molecular complexity index is 163. The first-order chi connectivity index (χ1) is 4.89. The Labute approximate surface area is 67.7 Å². The molecule has 0 saturated carbocycles. The van der Waals surface area contributed by atoms with Crippen molar-refractivity contribution in [2.24, 2.45) is 5.73 Å². The summed E-state index contributed by atoms with van der Waals surface area (Å²) in [6.45, 7) is 9.17. The van der Waals surface area contributed by atoms with Gasteiger partial charge in [-0.1, -0.05) is 5.98 Å². The lowest BCUT2D eigenvalue weighted by atomic mass is 9.92. The largest absolute Gasteiger partial charge is 0.487 e. The van der Waals surface area contributed by atoms with Crippen LogP contribution in [-0.2, 0) is 9.31 Å². The van der Waals surface area contributed by atoms with Crippen LogP contribution in [0.25, 0.3) is 0 Å². The van der Waals surface area contributed by atoms with Crippen molar-refractivity contribution in [3.05, 3.63) is 12.6 Å². The van der Waals surface area contributed by atoms with E-state index >= 15 is 0 Å². The van der Waals surface area contributed by atoms with E-state index in [0.29, 0.717) is 0 Å². The van der Waals surface area contributed by atoms with E-state index in [0.717, 1.165) is 0 Å². The van der Waals surface area contributed by atoms with Gasteiger partial charge in [-0.15, -0.1) is 6.58 Å². The first-order valence-corrected chi connectivity index (χ1v) is 3.66. The van der Waals surface area contributed by atoms with E-state index in [1.807, 2.05) is 13.8 Å². The molecule has 4 heteroatoms. The zero-order chi connectivity index (χ0) is 8.70. The predicted molar refractivity (Wildman–Crippen MR) is 44.8 cm³/mol. The summed E-state index contributed by atoms with van der Waals surface area (Å²) in [6.07, 6.45) is 0. The molecule has 3 nitrogen and oxygen atoms in total. The van der Waals surface area contributed by atoms with Gasteiger partial charge in [0, 0.05) is 0 Å². The van der Waals surface area contributed by atoms with Crippen LogP contribution in [0.5, 0.6) is 0 Å². The number of nitrogens with two attached hydrogens (primary N) is 1. The fraction of sp³-hybridized carbons (Fsp3) is 0.714. The Morgan fingerprint density at radius 3 is 2.09 bits per heavy atom. The lowest BCUT2D eigenvalue weighted by Gasteiger charge is -2.31. The highest BCUT2D eigenvalue weighted by Crippen LogP contribution is 2.32. The molecule has 0 aromatic heterocycles. The third-order valence-corrected chi connectivity index (χ3v) is 2.16. The highest BCUT2D eigenvalue weighted by Gasteiger charge is 2.50. The van der Waals surface area contributed by atoms with Crippen LogP contribution >= 0.6 is 0 Å². The summed E-state index contributed by atoms with van der Waals surface area (Å²) < 4.78 is 10.8. The normalized spacial score (nSPS) is 35.8. The molecule has 0 spiro atoms. The molecule has 2 N–H and O–H groups in total. The van der Waals surface area contributed by atoms with Crippen molar-refractivity contribution < 1.29 is 9.31 Å². The molecule has 1 unspecified atom stereocenters. The number of rotatable bonds is 1. The summed E-state index contributed by atoms with van der Waals surface area (Å²) in [5, 5.41) is 0. The molecular weight excluding hydrogens is 141 g/mol. The van der Waals surface area contributed by atoms with E-state index in [4.69, 9.17) is 15.0 Å². The topological polar surface area (TPSA) is 44.5 Å². The Balaban J connectivity index is 2.79. The van der Waals surface area contributed by atoms with E-state index in [2.05, 4.69) is 6.58 Å². The molecule has 0 radical (unpaired) electrons. The summed E-state index contributed by atoms with van der Waals surface area (Å²) >= 11 is 0. The Morgan fingerprint density at radius 1 is 1.36 bits per heavy atom. The molecule has 1 atom stereocenters. The third kappa shape index (κ3) is 1.34. The molecule has 11 heavy (non-hydrogen) atoms. The van der Waals surface area contributed by atoms with Crippen molar-refractivity contribution in [2.45, 2.75) is 32.1 Å². The molecule has 0 aromatic carbocycles. The van der Waals surface area contributed by atoms with Crippen molar-refractivity contribution in [3.8, 4) is 0 Å². The van der Waals surface area contributed by atoms with E-state index in [9.17, 15) is 0 Å². The van der Waals surface area contributed by atoms with Crippen LogP contribution in [0.1, 0.15) is 20.8 Å². The smallest absolute Gasteiger partial charge is 0.398 e. The second-order valence-electron chi connectivity index (χ2n) is 3.46. The fourth-order valence-electron chi connectivity index (χ4n) is 0.911. The maximum Gasteiger partial charge on any atom is 0.487 e. The van der Waals surface area contributed by atoms with Crippen molar-refractivity contribution in [1.29, 1.82) is 0 Å². The van der Waals surface area contributed by atoms with Gasteiger partial charge in [-0.05, 0) is 20.8 Å². The van der Waals surface area contributed by atoms with Gasteiger partial charge >= 0.3 is 7.12 Å². The molecule has 0 amide bonds. The van der Waals surface area contributed by atoms with Gasteiger partial charge in [0.25, 0.3) is 0 Å². The average molecular weight is 155 g/mol. The summed E-state index contributed by atoms with van der Waals surface area (Å²) in [5.74, 6) is 1.60. The molecular formula is C7H14BNO2. The Hall–Kier alpha value is -0.315. The quantitative estimate of drug-likeness (QED) is 0.566. The summed E-state index contributed by atoms with van der Waals surface area (Å²) in [7, 11) is -0.375. The molecule has 1 aliphatic heterocycles. The van der Waals surface area contributed by atoms with Gasteiger partial charge < -0.3 is 15.0 Å². The van der Waals surface area contributed by atoms with Gasteiger partial charge in [0.05, 0.1) is 5.60 Å². The molecule has 1 saturated heterocycles. The van der Waals surface area contributed by atoms with Crippen LogP contribution < -0.4 is 5.73 Å². The second kappa shape index (κ2) is 2.34. The minimum Gasteiger partial charge on any atom is -0.398 e. The summed E-state index contributed by atoms with van der Waals surface area (Å²) in [4.78, 5) is 0. The molecule has 0 aliphatic carbocycles. The molecule has 0 aromatic rings. The predicted octanol–water partition coefficient (Wildman–Crippen LogP) is 0.700. The van der Waals surface area contributed by atoms with Crippen molar-refractivity contribution >= 4 is 7.12 Å². The highest BCUT2D eigenvalue weighted by atomic mass is 16.7. The standard InChI is InChI=1S/C7H14BNO2/c1-5-8-10-6(2,3)7(4,9)11-8/h5H,1,9H2,2-4H3. The lowest BCUT2D eigenvalue weighted by molar-refractivity contribution is -0.00411. The first kappa shape index (κ1) is 8.78. The van der Waals surface area contributed by atoms with E-state index in [-0.39, 0.29) is 7.12 Å². The minimum absolute atomic E-state index is 0.375. The number of hydrogen-bond acceptors (Lipinski definition) is 3. The maximum absolute atomic E-state index is 5.83. The maximum atomic E-state index is 5.83. The van der Waals surface area contributed by atoms with Gasteiger partial charge in [0.15, 0.2) is 0 Å². The van der Waals surface area contributed by atoms with Gasteiger partial charge in [-0.25, -0.2) is 0 Å². The van der Waals surface area contributed by atoms with Gasteiger partial charge in [0.2, 0.25) is 0 Å². The van der Waals surface area contributed by atoms with Crippen LogP contribution in [0.15, 0.2) is 12.6 Å². The van der Waals surface area contributed by atoms with Crippen molar-refractivity contribution in [1.82, 2.24) is 0 Å². The van der Waals surface area contributed by atoms with Crippen LogP contribution in [0, 0.1) is 0 Å². The zero-order valence-electron chi connectivity index (χ0n) is 7.26. The van der Waals surface area contributed by atoms with Crippen molar-refractivity contribution in [2.75, 3.05) is 0 Å². The molecule has 62 valence electrons. The Kier molecular flexibility index (Phi) is 1.86. The molecule has 1 rings (SSSR count). The Morgan fingerprint density at radius 2 is 1.91 bits per heavy atom. The van der Waals surface area contributed by atoms with Crippen LogP contribution in [0.3, 0.4) is 0 Å². The summed E-state index contributed by atoms with van der Waals surface area (Å²) in [6, 6.07) is 0. The third-order valence-electron chi connectivity index (χ3n) is 2.16. The van der Waals surface area contributed by atoms with Gasteiger partial charge in [-0.2, -0.15) is 0 Å². The van der Waals surface area contributed by atoms with E-state index < -0.39 is 11.3 Å². The minimum atomic E-state index is -0.730. The zero-order valence-corrected chi connectivity index (χ0v) is 7.26. The first-order valence-electron chi connectivity index (χ1n) is 3.66. The number of hydrogen-bond donors (Lipinski definition) is 1. The second-order valence-corrected chi connectivity index (χ2v) is 3.46. The van der Waals surface area contributed by atoms with E-state index in [1.54, 1.807) is 12.9 Å².